The number of halogens is 2. The van der Waals surface area contributed by atoms with Gasteiger partial charge in [-0.25, -0.2) is 4.98 Å². The minimum atomic E-state index is -0.128. The van der Waals surface area contributed by atoms with E-state index in [2.05, 4.69) is 60.7 Å². The van der Waals surface area contributed by atoms with Crippen molar-refractivity contribution in [1.29, 1.82) is 0 Å². The summed E-state index contributed by atoms with van der Waals surface area (Å²) in [5, 5.41) is 1.15. The second kappa shape index (κ2) is 9.56. The van der Waals surface area contributed by atoms with Gasteiger partial charge in [-0.05, 0) is 62.3 Å². The number of aryl methyl sites for hydroxylation is 2. The number of carbonyl (C=O) groups is 1. The van der Waals surface area contributed by atoms with Crippen LogP contribution in [0.1, 0.15) is 35.3 Å². The smallest absolute Gasteiger partial charge is 0.261 e. The van der Waals surface area contributed by atoms with Gasteiger partial charge in [0.15, 0.2) is 5.13 Å². The molecule has 0 saturated carbocycles. The second-order valence-corrected chi connectivity index (χ2v) is 9.29. The first-order chi connectivity index (χ1) is 13.8. The van der Waals surface area contributed by atoms with Crippen LogP contribution in [0.25, 0.3) is 10.2 Å². The van der Waals surface area contributed by atoms with E-state index in [-0.39, 0.29) is 5.91 Å². The molecule has 154 valence electrons. The van der Waals surface area contributed by atoms with Gasteiger partial charge in [-0.15, -0.1) is 0 Å². The van der Waals surface area contributed by atoms with Gasteiger partial charge in [0.2, 0.25) is 0 Å². The Morgan fingerprint density at radius 3 is 2.55 bits per heavy atom. The molecule has 0 radical (unpaired) electrons. The Kier molecular flexibility index (Phi) is 7.32. The number of hydrogen-bond donors (Lipinski definition) is 0. The van der Waals surface area contributed by atoms with E-state index in [1.54, 1.807) is 28.4 Å². The van der Waals surface area contributed by atoms with Crippen molar-refractivity contribution in [3.63, 3.8) is 0 Å². The lowest BCUT2D eigenvalue weighted by Crippen LogP contribution is -2.39. The number of nitrogens with zero attached hydrogens (tertiary/aromatic N) is 3. The summed E-state index contributed by atoms with van der Waals surface area (Å²) in [7, 11) is 0. The lowest BCUT2D eigenvalue weighted by atomic mass is 10.1. The molecule has 1 amide bonds. The number of likely N-dealkylation sites (N-methyl/N-ethyl adjacent to an activating group) is 1. The van der Waals surface area contributed by atoms with Crippen molar-refractivity contribution < 1.29 is 4.79 Å². The molecule has 1 aromatic heterocycles. The molecule has 29 heavy (non-hydrogen) atoms. The van der Waals surface area contributed by atoms with Gasteiger partial charge >= 0.3 is 0 Å². The van der Waals surface area contributed by atoms with Gasteiger partial charge in [-0.1, -0.05) is 58.8 Å². The van der Waals surface area contributed by atoms with Crippen LogP contribution in [-0.2, 0) is 0 Å². The van der Waals surface area contributed by atoms with Crippen molar-refractivity contribution in [1.82, 2.24) is 9.88 Å². The number of amides is 1. The van der Waals surface area contributed by atoms with Crippen LogP contribution < -0.4 is 4.90 Å². The average Bonchev–Trinajstić information content (AvgIpc) is 3.14. The van der Waals surface area contributed by atoms with Gasteiger partial charge in [0.25, 0.3) is 5.91 Å². The quantitative estimate of drug-likeness (QED) is 0.386. The zero-order valence-corrected chi connectivity index (χ0v) is 20.3. The molecule has 7 heteroatoms. The fourth-order valence-electron chi connectivity index (χ4n) is 3.20. The third-order valence-corrected chi connectivity index (χ3v) is 7.11. The summed E-state index contributed by atoms with van der Waals surface area (Å²) < 4.78 is 1.91. The second-order valence-electron chi connectivity index (χ2n) is 6.96. The molecule has 0 aliphatic carbocycles. The predicted octanol–water partition coefficient (Wildman–Crippen LogP) is 6.32. The van der Waals surface area contributed by atoms with E-state index in [0.29, 0.717) is 22.3 Å². The van der Waals surface area contributed by atoms with Crippen LogP contribution in [0.15, 0.2) is 34.8 Å². The number of hydrogen-bond acceptors (Lipinski definition) is 4. The van der Waals surface area contributed by atoms with Gasteiger partial charge in [0, 0.05) is 17.6 Å². The molecule has 1 heterocycles. The molecule has 0 fully saturated rings. The minimum Gasteiger partial charge on any atom is -0.302 e. The molecule has 0 atom stereocenters. The first kappa shape index (κ1) is 22.2. The molecule has 3 rings (SSSR count). The van der Waals surface area contributed by atoms with Crippen LogP contribution >= 0.6 is 38.9 Å². The monoisotopic (exact) mass is 493 g/mol. The standard InChI is InChI=1S/C22H25BrClN3OS/c1-5-26(6-2)11-12-27(21(28)17-13-16(23)8-9-18(17)24)22-25-20-15(4)14(3)7-10-19(20)29-22/h7-10,13H,5-6,11-12H2,1-4H3. The number of carbonyl (C=O) groups excluding carboxylic acids is 1. The molecule has 2 aromatic carbocycles. The minimum absolute atomic E-state index is 0.128. The predicted molar refractivity (Wildman–Crippen MR) is 128 cm³/mol. The summed E-state index contributed by atoms with van der Waals surface area (Å²) in [6.45, 7) is 11.6. The van der Waals surface area contributed by atoms with Crippen molar-refractivity contribution in [3.05, 3.63) is 56.5 Å². The third-order valence-electron chi connectivity index (χ3n) is 5.24. The van der Waals surface area contributed by atoms with Crippen LogP contribution in [0.2, 0.25) is 5.02 Å². The topological polar surface area (TPSA) is 36.4 Å². The Bertz CT molecular complexity index is 1030. The molecule has 0 aliphatic heterocycles. The van der Waals surface area contributed by atoms with Gasteiger partial charge in [0.05, 0.1) is 20.8 Å². The highest BCUT2D eigenvalue weighted by Gasteiger charge is 2.24. The molecule has 0 N–H and O–H groups in total. The van der Waals surface area contributed by atoms with Crippen molar-refractivity contribution in [2.45, 2.75) is 27.7 Å². The molecule has 4 nitrogen and oxygen atoms in total. The Balaban J connectivity index is 2.04. The Morgan fingerprint density at radius 2 is 1.86 bits per heavy atom. The van der Waals surface area contributed by atoms with Gasteiger partial charge < -0.3 is 4.90 Å². The van der Waals surface area contributed by atoms with Crippen molar-refractivity contribution >= 4 is 60.1 Å². The van der Waals surface area contributed by atoms with E-state index in [9.17, 15) is 4.79 Å². The molecule has 0 bridgehead atoms. The zero-order valence-electron chi connectivity index (χ0n) is 17.1. The maximum absolute atomic E-state index is 13.5. The highest BCUT2D eigenvalue weighted by molar-refractivity contribution is 9.10. The van der Waals surface area contributed by atoms with Crippen LogP contribution in [0.5, 0.6) is 0 Å². The first-order valence-corrected chi connectivity index (χ1v) is 11.7. The first-order valence-electron chi connectivity index (χ1n) is 9.71. The lowest BCUT2D eigenvalue weighted by Gasteiger charge is -2.25. The maximum atomic E-state index is 13.5. The summed E-state index contributed by atoms with van der Waals surface area (Å²) in [4.78, 5) is 22.4. The Morgan fingerprint density at radius 1 is 1.14 bits per heavy atom. The number of anilines is 1. The molecule has 0 unspecified atom stereocenters. The number of benzene rings is 2. The fourth-order valence-corrected chi connectivity index (χ4v) is 4.81. The Hall–Kier alpha value is -1.47. The van der Waals surface area contributed by atoms with Gasteiger partial charge in [-0.2, -0.15) is 0 Å². The van der Waals surface area contributed by atoms with Crippen LogP contribution in [-0.4, -0.2) is 42.0 Å². The van der Waals surface area contributed by atoms with E-state index in [1.165, 1.54) is 5.56 Å². The molecule has 0 spiro atoms. The fraction of sp³-hybridized carbons (Fsp3) is 0.364. The third kappa shape index (κ3) is 4.82. The van der Waals surface area contributed by atoms with E-state index >= 15 is 0 Å². The van der Waals surface area contributed by atoms with Crippen LogP contribution in [0, 0.1) is 13.8 Å². The van der Waals surface area contributed by atoms with E-state index in [0.717, 1.165) is 39.9 Å². The number of aromatic nitrogens is 1. The Labute approximate surface area is 189 Å². The van der Waals surface area contributed by atoms with Gasteiger partial charge in [0.1, 0.15) is 0 Å². The van der Waals surface area contributed by atoms with E-state index in [4.69, 9.17) is 16.6 Å². The molecule has 0 saturated heterocycles. The van der Waals surface area contributed by atoms with E-state index < -0.39 is 0 Å². The van der Waals surface area contributed by atoms with Crippen molar-refractivity contribution in [3.8, 4) is 0 Å². The van der Waals surface area contributed by atoms with Crippen molar-refractivity contribution in [2.75, 3.05) is 31.1 Å². The van der Waals surface area contributed by atoms with Crippen molar-refractivity contribution in [2.24, 2.45) is 0 Å². The largest absolute Gasteiger partial charge is 0.302 e. The summed E-state index contributed by atoms with van der Waals surface area (Å²) in [5.41, 5.74) is 3.80. The lowest BCUT2D eigenvalue weighted by molar-refractivity contribution is 0.0984. The summed E-state index contributed by atoms with van der Waals surface area (Å²) in [6, 6.07) is 9.54. The zero-order chi connectivity index (χ0) is 21.1. The average molecular weight is 495 g/mol. The highest BCUT2D eigenvalue weighted by Crippen LogP contribution is 2.33. The SMILES string of the molecule is CCN(CC)CCN(C(=O)c1cc(Br)ccc1Cl)c1nc2c(C)c(C)ccc2s1. The van der Waals surface area contributed by atoms with Gasteiger partial charge in [-0.3, -0.25) is 9.69 Å². The van der Waals surface area contributed by atoms with Crippen LogP contribution in [0.4, 0.5) is 5.13 Å². The summed E-state index contributed by atoms with van der Waals surface area (Å²) in [5.74, 6) is -0.128. The molecule has 0 aliphatic rings. The maximum Gasteiger partial charge on any atom is 0.261 e. The number of fused-ring (bicyclic) bond motifs is 1. The van der Waals surface area contributed by atoms with E-state index in [1.807, 2.05) is 6.07 Å². The molecule has 3 aromatic rings. The normalized spacial score (nSPS) is 11.4. The highest BCUT2D eigenvalue weighted by atomic mass is 79.9. The molecular weight excluding hydrogens is 470 g/mol. The number of thiazole rings is 1. The number of rotatable bonds is 7. The molecular formula is C22H25BrClN3OS. The summed E-state index contributed by atoms with van der Waals surface area (Å²) >= 11 is 11.4. The van der Waals surface area contributed by atoms with Crippen LogP contribution in [0.3, 0.4) is 0 Å². The summed E-state index contributed by atoms with van der Waals surface area (Å²) in [6.07, 6.45) is 0.